The maximum Gasteiger partial charge on any atom is 0.207 e. The molecule has 1 aromatic carbocycles. The van der Waals surface area contributed by atoms with E-state index in [4.69, 9.17) is 4.74 Å². The van der Waals surface area contributed by atoms with Gasteiger partial charge in [0, 0.05) is 20.8 Å². The predicted octanol–water partition coefficient (Wildman–Crippen LogP) is 4.32. The highest BCUT2D eigenvalue weighted by molar-refractivity contribution is 5.71. The number of amides is 1. The van der Waals surface area contributed by atoms with Gasteiger partial charge in [0.2, 0.25) is 6.41 Å². The molecule has 0 spiro atoms. The third-order valence-electron chi connectivity index (χ3n) is 5.35. The van der Waals surface area contributed by atoms with Crippen LogP contribution in [0.25, 0.3) is 5.57 Å². The molecule has 2 rings (SSSR count). The van der Waals surface area contributed by atoms with Crippen molar-refractivity contribution in [1.29, 1.82) is 0 Å². The molecule has 1 aliphatic carbocycles. The van der Waals surface area contributed by atoms with Gasteiger partial charge in [-0.25, -0.2) is 0 Å². The monoisotopic (exact) mass is 377 g/mol. The molecule has 5 nitrogen and oxygen atoms in total. The molecule has 2 N–H and O–H groups in total. The summed E-state index contributed by atoms with van der Waals surface area (Å²) >= 11 is 0. The highest BCUT2D eigenvalue weighted by Crippen LogP contribution is 2.37. The number of rotatable bonds is 6. The zero-order chi connectivity index (χ0) is 20.4. The van der Waals surface area contributed by atoms with Crippen LogP contribution in [0.5, 0.6) is 0 Å². The van der Waals surface area contributed by atoms with Crippen LogP contribution in [0.2, 0.25) is 0 Å². The van der Waals surface area contributed by atoms with Crippen LogP contribution in [0.1, 0.15) is 56.2 Å². The number of aliphatic hydroxyl groups excluding tert-OH is 1. The largest absolute Gasteiger partial charge is 0.510 e. The Morgan fingerprint density at radius 1 is 1.30 bits per heavy atom. The first-order valence-corrected chi connectivity index (χ1v) is 9.56. The first-order chi connectivity index (χ1) is 12.8. The van der Waals surface area contributed by atoms with Crippen molar-refractivity contribution < 1.29 is 19.4 Å². The van der Waals surface area contributed by atoms with Crippen LogP contribution in [0.3, 0.4) is 0 Å². The number of nitrogens with one attached hydrogen (secondary N) is 1. The standard InChI is InChI=1S/C19H27NO3.C3H8O/c1-13-5-6-14(2)17(11-13)15(3)18(22)19(20-12-21)9-7-16(23-4)8-10-19;1-3-4-2/h5-6,11-12,16,22H,7-10H2,1-4H3,(H,20,21);3H2,1-2H3/b18-15-;. The normalized spacial score (nSPS) is 23.0. The Morgan fingerprint density at radius 3 is 2.37 bits per heavy atom. The minimum Gasteiger partial charge on any atom is -0.510 e. The number of methoxy groups -OCH3 is 2. The predicted molar refractivity (Wildman–Crippen MR) is 110 cm³/mol. The van der Waals surface area contributed by atoms with Crippen LogP contribution in [-0.4, -0.2) is 44.0 Å². The topological polar surface area (TPSA) is 67.8 Å². The van der Waals surface area contributed by atoms with E-state index in [2.05, 4.69) is 28.3 Å². The first kappa shape index (κ1) is 23.2. The minimum absolute atomic E-state index is 0.199. The summed E-state index contributed by atoms with van der Waals surface area (Å²) in [5.41, 5.74) is 3.45. The number of hydrogen-bond donors (Lipinski definition) is 2. The summed E-state index contributed by atoms with van der Waals surface area (Å²) in [5, 5.41) is 13.9. The van der Waals surface area contributed by atoms with Crippen LogP contribution >= 0.6 is 0 Å². The Balaban J connectivity index is 0.000000828. The van der Waals surface area contributed by atoms with Crippen LogP contribution in [0.15, 0.2) is 24.0 Å². The third kappa shape index (κ3) is 6.08. The second-order valence-corrected chi connectivity index (χ2v) is 7.15. The van der Waals surface area contributed by atoms with Gasteiger partial charge in [-0.15, -0.1) is 0 Å². The van der Waals surface area contributed by atoms with E-state index in [1.165, 1.54) is 0 Å². The number of carbonyl (C=O) groups is 1. The van der Waals surface area contributed by atoms with E-state index in [9.17, 15) is 9.90 Å². The molecule has 0 aromatic heterocycles. The Kier molecular flexibility index (Phi) is 9.53. The smallest absolute Gasteiger partial charge is 0.207 e. The second kappa shape index (κ2) is 11.1. The summed E-state index contributed by atoms with van der Waals surface area (Å²) in [7, 11) is 3.39. The van der Waals surface area contributed by atoms with Gasteiger partial charge in [0.1, 0.15) is 5.76 Å². The van der Waals surface area contributed by atoms with Gasteiger partial charge in [-0.2, -0.15) is 0 Å². The van der Waals surface area contributed by atoms with Crippen molar-refractivity contribution in [1.82, 2.24) is 5.32 Å². The lowest BCUT2D eigenvalue weighted by Gasteiger charge is -2.39. The van der Waals surface area contributed by atoms with E-state index in [0.29, 0.717) is 19.3 Å². The van der Waals surface area contributed by atoms with Gasteiger partial charge >= 0.3 is 0 Å². The fourth-order valence-electron chi connectivity index (χ4n) is 3.51. The molecule has 0 bridgehead atoms. The molecular formula is C22H35NO4. The SMILES string of the molecule is CCOC.COC1CCC(NC=O)(/C(O)=C(\C)c2cc(C)ccc2C)CC1. The van der Waals surface area contributed by atoms with Crippen molar-refractivity contribution in [2.45, 2.75) is 65.0 Å². The maximum atomic E-state index is 11.1. The lowest BCUT2D eigenvalue weighted by Crippen LogP contribution is -2.50. The Hall–Kier alpha value is -1.85. The number of carbonyl (C=O) groups excluding carboxylic acids is 1. The van der Waals surface area contributed by atoms with Gasteiger partial charge < -0.3 is 19.9 Å². The third-order valence-corrected chi connectivity index (χ3v) is 5.35. The molecule has 1 aromatic rings. The average molecular weight is 378 g/mol. The summed E-state index contributed by atoms with van der Waals surface area (Å²) in [5.74, 6) is 0.271. The Labute approximate surface area is 163 Å². The van der Waals surface area contributed by atoms with Crippen LogP contribution in [0, 0.1) is 13.8 Å². The molecule has 0 heterocycles. The number of aryl methyl sites for hydroxylation is 2. The Bertz CT molecular complexity index is 629. The molecule has 1 saturated carbocycles. The average Bonchev–Trinajstić information content (AvgIpc) is 2.69. The van der Waals surface area contributed by atoms with Crippen molar-refractivity contribution in [3.05, 3.63) is 40.6 Å². The highest BCUT2D eigenvalue weighted by atomic mass is 16.5. The van der Waals surface area contributed by atoms with Gasteiger partial charge in [-0.1, -0.05) is 23.8 Å². The summed E-state index contributed by atoms with van der Waals surface area (Å²) in [6.07, 6.45) is 3.89. The van der Waals surface area contributed by atoms with Crippen LogP contribution < -0.4 is 5.32 Å². The zero-order valence-electron chi connectivity index (χ0n) is 17.6. The van der Waals surface area contributed by atoms with E-state index >= 15 is 0 Å². The lowest BCUT2D eigenvalue weighted by atomic mass is 9.77. The van der Waals surface area contributed by atoms with Crippen molar-refractivity contribution in [2.75, 3.05) is 20.8 Å². The molecule has 0 atom stereocenters. The van der Waals surface area contributed by atoms with E-state index in [1.54, 1.807) is 14.2 Å². The molecule has 0 unspecified atom stereocenters. The van der Waals surface area contributed by atoms with Gasteiger partial charge in [0.25, 0.3) is 0 Å². The molecule has 1 amide bonds. The van der Waals surface area contributed by atoms with Gasteiger partial charge in [0.05, 0.1) is 11.6 Å². The minimum atomic E-state index is -0.683. The number of hydrogen-bond acceptors (Lipinski definition) is 4. The van der Waals surface area contributed by atoms with Crippen molar-refractivity contribution in [3.63, 3.8) is 0 Å². The number of allylic oxidation sites excluding steroid dienone is 1. The zero-order valence-corrected chi connectivity index (χ0v) is 17.6. The fraction of sp³-hybridized carbons (Fsp3) is 0.591. The summed E-state index contributed by atoms with van der Waals surface area (Å²) in [6, 6.07) is 6.20. The molecule has 1 aliphatic rings. The summed E-state index contributed by atoms with van der Waals surface area (Å²) in [4.78, 5) is 11.1. The second-order valence-electron chi connectivity index (χ2n) is 7.15. The van der Waals surface area contributed by atoms with E-state index < -0.39 is 5.54 Å². The van der Waals surface area contributed by atoms with Gasteiger partial charge in [0.15, 0.2) is 0 Å². The molecule has 5 heteroatoms. The molecule has 0 radical (unpaired) electrons. The molecule has 27 heavy (non-hydrogen) atoms. The van der Waals surface area contributed by atoms with Gasteiger partial charge in [-0.3, -0.25) is 4.79 Å². The number of ether oxygens (including phenoxy) is 2. The fourth-order valence-corrected chi connectivity index (χ4v) is 3.51. The molecule has 152 valence electrons. The molecular weight excluding hydrogens is 342 g/mol. The molecule has 1 fully saturated rings. The van der Waals surface area contributed by atoms with Crippen LogP contribution in [0.4, 0.5) is 0 Å². The van der Waals surface area contributed by atoms with E-state index in [0.717, 1.165) is 41.7 Å². The molecule has 0 saturated heterocycles. The maximum absolute atomic E-state index is 11.1. The summed E-state index contributed by atoms with van der Waals surface area (Å²) in [6.45, 7) is 8.78. The number of benzene rings is 1. The van der Waals surface area contributed by atoms with Crippen molar-refractivity contribution >= 4 is 12.0 Å². The lowest BCUT2D eigenvalue weighted by molar-refractivity contribution is -0.112. The Morgan fingerprint density at radius 2 is 1.89 bits per heavy atom. The molecule has 0 aliphatic heterocycles. The quantitative estimate of drug-likeness (QED) is 0.572. The first-order valence-electron chi connectivity index (χ1n) is 9.56. The van der Waals surface area contributed by atoms with Gasteiger partial charge in [-0.05, 0) is 70.1 Å². The summed E-state index contributed by atoms with van der Waals surface area (Å²) < 4.78 is 9.95. The number of aliphatic hydroxyl groups is 1. The highest BCUT2D eigenvalue weighted by Gasteiger charge is 2.40. The van der Waals surface area contributed by atoms with E-state index in [-0.39, 0.29) is 11.9 Å². The van der Waals surface area contributed by atoms with Crippen LogP contribution in [-0.2, 0) is 14.3 Å². The van der Waals surface area contributed by atoms with E-state index in [1.807, 2.05) is 27.7 Å². The van der Waals surface area contributed by atoms with Crippen molar-refractivity contribution in [3.8, 4) is 0 Å². The van der Waals surface area contributed by atoms with Crippen molar-refractivity contribution in [2.24, 2.45) is 0 Å².